The lowest BCUT2D eigenvalue weighted by molar-refractivity contribution is 0.269. The lowest BCUT2D eigenvalue weighted by Gasteiger charge is -2.23. The van der Waals surface area contributed by atoms with Crippen LogP contribution in [0.1, 0.15) is 50.2 Å². The molecule has 5 nitrogen and oxygen atoms in total. The summed E-state index contributed by atoms with van der Waals surface area (Å²) in [5.41, 5.74) is 4.93. The van der Waals surface area contributed by atoms with Crippen molar-refractivity contribution >= 4 is 23.5 Å². The lowest BCUT2D eigenvalue weighted by Crippen LogP contribution is -2.40. The van der Waals surface area contributed by atoms with E-state index < -0.39 is 0 Å². The van der Waals surface area contributed by atoms with Gasteiger partial charge in [0.25, 0.3) is 0 Å². The van der Waals surface area contributed by atoms with Gasteiger partial charge in [0, 0.05) is 6.04 Å². The maximum Gasteiger partial charge on any atom is 0.187 e. The molecule has 0 heterocycles. The molecule has 29 heavy (non-hydrogen) atoms. The van der Waals surface area contributed by atoms with E-state index in [1.165, 1.54) is 32.1 Å². The van der Waals surface area contributed by atoms with Gasteiger partial charge in [-0.25, -0.2) is 0 Å². The van der Waals surface area contributed by atoms with Crippen molar-refractivity contribution in [3.8, 4) is 11.5 Å². The Balaban J connectivity index is 1.55. The fourth-order valence-electron chi connectivity index (χ4n) is 3.36. The number of hydrogen-bond acceptors (Lipinski definition) is 4. The Morgan fingerprint density at radius 1 is 1.07 bits per heavy atom. The van der Waals surface area contributed by atoms with Crippen LogP contribution < -0.4 is 20.2 Å². The number of hydrogen-bond donors (Lipinski definition) is 2. The van der Waals surface area contributed by atoms with Crippen LogP contribution in [0.3, 0.4) is 0 Å². The van der Waals surface area contributed by atoms with Gasteiger partial charge < -0.3 is 14.8 Å². The predicted octanol–water partition coefficient (Wildman–Crippen LogP) is 4.80. The first-order valence-corrected chi connectivity index (χ1v) is 10.7. The quantitative estimate of drug-likeness (QED) is 0.371. The molecule has 0 aliphatic heterocycles. The van der Waals surface area contributed by atoms with Crippen molar-refractivity contribution in [2.24, 2.45) is 5.10 Å². The minimum Gasteiger partial charge on any atom is -0.490 e. The average molecular weight is 412 g/mol. The van der Waals surface area contributed by atoms with E-state index in [1.54, 1.807) is 6.21 Å². The van der Waals surface area contributed by atoms with Crippen LogP contribution in [0.4, 0.5) is 0 Å². The molecule has 0 atom stereocenters. The molecule has 0 bridgehead atoms. The summed E-state index contributed by atoms with van der Waals surface area (Å²) < 4.78 is 11.7. The van der Waals surface area contributed by atoms with Gasteiger partial charge >= 0.3 is 0 Å². The minimum atomic E-state index is 0.463. The van der Waals surface area contributed by atoms with Crippen molar-refractivity contribution in [2.75, 3.05) is 6.61 Å². The highest BCUT2D eigenvalue weighted by molar-refractivity contribution is 7.80. The van der Waals surface area contributed by atoms with Crippen LogP contribution in [0.5, 0.6) is 11.5 Å². The molecule has 1 fully saturated rings. The maximum absolute atomic E-state index is 5.94. The number of rotatable bonds is 8. The topological polar surface area (TPSA) is 54.9 Å². The molecule has 2 N–H and O–H groups in total. The lowest BCUT2D eigenvalue weighted by atomic mass is 9.96. The van der Waals surface area contributed by atoms with Crippen molar-refractivity contribution in [3.63, 3.8) is 0 Å². The van der Waals surface area contributed by atoms with E-state index in [0.29, 0.717) is 30.1 Å². The van der Waals surface area contributed by atoms with Gasteiger partial charge in [-0.15, -0.1) is 0 Å². The zero-order valence-corrected chi connectivity index (χ0v) is 17.7. The molecular weight excluding hydrogens is 382 g/mol. The van der Waals surface area contributed by atoms with Gasteiger partial charge in [0.2, 0.25) is 0 Å². The molecule has 0 aromatic heterocycles. The summed E-state index contributed by atoms with van der Waals surface area (Å²) in [6, 6.07) is 16.3. The first-order chi connectivity index (χ1) is 14.2. The fourth-order valence-corrected chi connectivity index (χ4v) is 3.58. The summed E-state index contributed by atoms with van der Waals surface area (Å²) in [4.78, 5) is 0. The third-order valence-corrected chi connectivity index (χ3v) is 5.03. The summed E-state index contributed by atoms with van der Waals surface area (Å²) in [6.45, 7) is 3.02. The summed E-state index contributed by atoms with van der Waals surface area (Å²) in [5.74, 6) is 1.42. The zero-order chi connectivity index (χ0) is 20.3. The van der Waals surface area contributed by atoms with E-state index >= 15 is 0 Å². The van der Waals surface area contributed by atoms with Crippen LogP contribution in [-0.2, 0) is 6.61 Å². The Morgan fingerprint density at radius 3 is 2.62 bits per heavy atom. The Hall–Kier alpha value is -2.60. The van der Waals surface area contributed by atoms with E-state index in [4.69, 9.17) is 21.7 Å². The second kappa shape index (κ2) is 11.4. The van der Waals surface area contributed by atoms with E-state index in [-0.39, 0.29) is 0 Å². The highest BCUT2D eigenvalue weighted by Crippen LogP contribution is 2.29. The van der Waals surface area contributed by atoms with Crippen LogP contribution in [-0.4, -0.2) is 24.0 Å². The molecule has 154 valence electrons. The Kier molecular flexibility index (Phi) is 8.31. The van der Waals surface area contributed by atoms with Crippen LogP contribution in [0.25, 0.3) is 0 Å². The van der Waals surface area contributed by atoms with Crippen LogP contribution in [0.15, 0.2) is 53.6 Å². The van der Waals surface area contributed by atoms with Gasteiger partial charge in [-0.3, -0.25) is 5.43 Å². The van der Waals surface area contributed by atoms with Crippen molar-refractivity contribution < 1.29 is 9.47 Å². The number of ether oxygens (including phenoxy) is 2. The second-order valence-electron chi connectivity index (χ2n) is 7.09. The van der Waals surface area contributed by atoms with Gasteiger partial charge in [-0.05, 0) is 61.3 Å². The van der Waals surface area contributed by atoms with Gasteiger partial charge in [0.15, 0.2) is 16.6 Å². The summed E-state index contributed by atoms with van der Waals surface area (Å²) in [6.07, 6.45) is 7.94. The van der Waals surface area contributed by atoms with Crippen LogP contribution >= 0.6 is 12.2 Å². The Labute approximate surface area is 178 Å². The van der Waals surface area contributed by atoms with E-state index in [2.05, 4.69) is 15.8 Å². The number of nitrogens with zero attached hydrogens (tertiary/aromatic N) is 1. The molecule has 3 rings (SSSR count). The van der Waals surface area contributed by atoms with Gasteiger partial charge in [0.05, 0.1) is 12.8 Å². The molecule has 0 amide bonds. The third kappa shape index (κ3) is 7.06. The van der Waals surface area contributed by atoms with Crippen molar-refractivity contribution in [1.82, 2.24) is 10.7 Å². The van der Waals surface area contributed by atoms with Crippen LogP contribution in [0, 0.1) is 0 Å². The second-order valence-corrected chi connectivity index (χ2v) is 7.50. The van der Waals surface area contributed by atoms with Gasteiger partial charge in [0.1, 0.15) is 6.61 Å². The molecule has 1 aliphatic rings. The van der Waals surface area contributed by atoms with Gasteiger partial charge in [-0.1, -0.05) is 49.6 Å². The zero-order valence-electron chi connectivity index (χ0n) is 16.9. The fraction of sp³-hybridized carbons (Fsp3) is 0.391. The molecular formula is C23H29N3O2S. The highest BCUT2D eigenvalue weighted by Gasteiger charge is 2.13. The van der Waals surface area contributed by atoms with Crippen molar-refractivity contribution in [1.29, 1.82) is 0 Å². The highest BCUT2D eigenvalue weighted by atomic mass is 32.1. The average Bonchev–Trinajstić information content (AvgIpc) is 2.75. The number of benzene rings is 2. The monoisotopic (exact) mass is 411 g/mol. The molecule has 2 aromatic rings. The molecule has 1 aliphatic carbocycles. The third-order valence-electron chi connectivity index (χ3n) is 4.82. The minimum absolute atomic E-state index is 0.463. The molecule has 0 radical (unpaired) electrons. The maximum atomic E-state index is 5.94. The van der Waals surface area contributed by atoms with Gasteiger partial charge in [-0.2, -0.15) is 5.10 Å². The molecule has 0 saturated heterocycles. The van der Waals surface area contributed by atoms with E-state index in [9.17, 15) is 0 Å². The smallest absolute Gasteiger partial charge is 0.187 e. The summed E-state index contributed by atoms with van der Waals surface area (Å²) >= 11 is 5.34. The normalized spacial score (nSPS) is 14.5. The van der Waals surface area contributed by atoms with Crippen molar-refractivity contribution in [2.45, 2.75) is 51.7 Å². The number of hydrazone groups is 1. The standard InChI is InChI=1S/C23H29N3O2S/c1-2-27-22-15-19(13-14-21(22)28-17-18-9-5-3-6-10-18)16-24-26-23(29)25-20-11-7-4-8-12-20/h3,5-6,9-10,13-16,20H,2,4,7-8,11-12,17H2,1H3,(H2,25,26,29)/b24-16+. The molecule has 0 spiro atoms. The first-order valence-electron chi connectivity index (χ1n) is 10.3. The molecule has 1 saturated carbocycles. The molecule has 6 heteroatoms. The summed E-state index contributed by atoms with van der Waals surface area (Å²) in [7, 11) is 0. The van der Waals surface area contributed by atoms with Crippen molar-refractivity contribution in [3.05, 3.63) is 59.7 Å². The Bertz CT molecular complexity index is 805. The predicted molar refractivity (Wildman–Crippen MR) is 122 cm³/mol. The Morgan fingerprint density at radius 2 is 1.86 bits per heavy atom. The van der Waals surface area contributed by atoms with E-state index in [1.807, 2.05) is 55.5 Å². The first kappa shape index (κ1) is 21.1. The molecule has 0 unspecified atom stereocenters. The number of thiocarbonyl (C=S) groups is 1. The van der Waals surface area contributed by atoms with Crippen LogP contribution in [0.2, 0.25) is 0 Å². The largest absolute Gasteiger partial charge is 0.490 e. The van der Waals surface area contributed by atoms with E-state index in [0.717, 1.165) is 16.9 Å². The summed E-state index contributed by atoms with van der Waals surface area (Å²) in [5, 5.41) is 8.17. The molecule has 2 aromatic carbocycles. The SMILES string of the molecule is CCOc1cc(/C=N/NC(=S)NC2CCCCC2)ccc1OCc1ccccc1. The number of nitrogens with one attached hydrogen (secondary N) is 2.